The standard InChI is InChI=1S/C11H15N3OS/c1-15-6-4-13-11-12-3-5-14(11)8-10-2-7-16-9-10/h2-3,5,7,9H,4,6,8H2,1H3,(H,12,13). The van der Waals surface area contributed by atoms with E-state index in [4.69, 9.17) is 4.74 Å². The van der Waals surface area contributed by atoms with Gasteiger partial charge in [-0.2, -0.15) is 11.3 Å². The van der Waals surface area contributed by atoms with Crippen molar-refractivity contribution in [3.05, 3.63) is 34.8 Å². The molecule has 0 aliphatic rings. The lowest BCUT2D eigenvalue weighted by molar-refractivity contribution is 0.210. The molecule has 0 aromatic carbocycles. The number of aromatic nitrogens is 2. The van der Waals surface area contributed by atoms with E-state index in [0.29, 0.717) is 6.61 Å². The average molecular weight is 237 g/mol. The highest BCUT2D eigenvalue weighted by atomic mass is 32.1. The zero-order chi connectivity index (χ0) is 11.2. The summed E-state index contributed by atoms with van der Waals surface area (Å²) in [6, 6.07) is 2.13. The molecule has 2 aromatic rings. The van der Waals surface area contributed by atoms with Crippen LogP contribution in [0.25, 0.3) is 0 Å². The molecule has 86 valence electrons. The van der Waals surface area contributed by atoms with Crippen LogP contribution in [0.1, 0.15) is 5.56 Å². The lowest BCUT2D eigenvalue weighted by Crippen LogP contribution is -2.12. The minimum atomic E-state index is 0.686. The summed E-state index contributed by atoms with van der Waals surface area (Å²) in [6.07, 6.45) is 3.79. The first-order chi connectivity index (χ1) is 7.90. The van der Waals surface area contributed by atoms with Crippen LogP contribution in [0.5, 0.6) is 0 Å². The van der Waals surface area contributed by atoms with Crippen LogP contribution in [0.15, 0.2) is 29.2 Å². The fourth-order valence-electron chi connectivity index (χ4n) is 1.45. The molecule has 1 N–H and O–H groups in total. The van der Waals surface area contributed by atoms with E-state index in [1.54, 1.807) is 18.4 Å². The van der Waals surface area contributed by atoms with E-state index in [9.17, 15) is 0 Å². The molecule has 4 nitrogen and oxygen atoms in total. The maximum atomic E-state index is 4.99. The lowest BCUT2D eigenvalue weighted by atomic mass is 10.3. The van der Waals surface area contributed by atoms with Gasteiger partial charge in [-0.25, -0.2) is 4.98 Å². The average Bonchev–Trinajstić information content (AvgIpc) is 2.92. The van der Waals surface area contributed by atoms with E-state index in [-0.39, 0.29) is 0 Å². The van der Waals surface area contributed by atoms with E-state index in [0.717, 1.165) is 19.0 Å². The number of imidazole rings is 1. The zero-order valence-corrected chi connectivity index (χ0v) is 10.0. The monoisotopic (exact) mass is 237 g/mol. The fraction of sp³-hybridized carbons (Fsp3) is 0.364. The predicted octanol–water partition coefficient (Wildman–Crippen LogP) is 2.05. The number of thiophene rings is 1. The molecule has 2 aromatic heterocycles. The van der Waals surface area contributed by atoms with Gasteiger partial charge in [-0.3, -0.25) is 0 Å². The van der Waals surface area contributed by atoms with Crippen LogP contribution in [-0.2, 0) is 11.3 Å². The maximum absolute atomic E-state index is 4.99. The van der Waals surface area contributed by atoms with Gasteiger partial charge < -0.3 is 14.6 Å². The van der Waals surface area contributed by atoms with Crippen molar-refractivity contribution in [2.24, 2.45) is 0 Å². The summed E-state index contributed by atoms with van der Waals surface area (Å²) >= 11 is 1.71. The van der Waals surface area contributed by atoms with Crippen LogP contribution < -0.4 is 5.32 Å². The van der Waals surface area contributed by atoms with E-state index in [1.807, 2.05) is 12.4 Å². The highest BCUT2D eigenvalue weighted by Crippen LogP contribution is 2.11. The van der Waals surface area contributed by atoms with Gasteiger partial charge >= 0.3 is 0 Å². The Hall–Kier alpha value is -1.33. The SMILES string of the molecule is COCCNc1nccn1Cc1ccsc1. The fourth-order valence-corrected chi connectivity index (χ4v) is 2.11. The molecule has 5 heteroatoms. The van der Waals surface area contributed by atoms with Crippen molar-refractivity contribution < 1.29 is 4.74 Å². The summed E-state index contributed by atoms with van der Waals surface area (Å²) < 4.78 is 7.08. The molecule has 0 atom stereocenters. The Morgan fingerprint density at radius 2 is 2.50 bits per heavy atom. The second-order valence-corrected chi connectivity index (χ2v) is 4.21. The smallest absolute Gasteiger partial charge is 0.203 e. The number of anilines is 1. The maximum Gasteiger partial charge on any atom is 0.203 e. The zero-order valence-electron chi connectivity index (χ0n) is 9.22. The second kappa shape index (κ2) is 5.67. The largest absolute Gasteiger partial charge is 0.383 e. The molecule has 2 rings (SSSR count). The van der Waals surface area contributed by atoms with Crippen molar-refractivity contribution in [2.45, 2.75) is 6.54 Å². The molecule has 0 amide bonds. The molecule has 0 spiro atoms. The summed E-state index contributed by atoms with van der Waals surface area (Å²) in [5.41, 5.74) is 1.30. The Morgan fingerprint density at radius 1 is 1.56 bits per heavy atom. The van der Waals surface area contributed by atoms with E-state index in [2.05, 4.69) is 31.7 Å². The Kier molecular flexibility index (Phi) is 3.96. The lowest BCUT2D eigenvalue weighted by Gasteiger charge is -2.08. The van der Waals surface area contributed by atoms with Gasteiger partial charge in [0.05, 0.1) is 13.2 Å². The van der Waals surface area contributed by atoms with E-state index in [1.165, 1.54) is 5.56 Å². The Morgan fingerprint density at radius 3 is 3.25 bits per heavy atom. The first-order valence-electron chi connectivity index (χ1n) is 5.15. The third-order valence-electron chi connectivity index (χ3n) is 2.24. The number of hydrogen-bond acceptors (Lipinski definition) is 4. The molecule has 0 aliphatic carbocycles. The van der Waals surface area contributed by atoms with Crippen LogP contribution in [-0.4, -0.2) is 29.8 Å². The minimum Gasteiger partial charge on any atom is -0.383 e. The Balaban J connectivity index is 1.96. The van der Waals surface area contributed by atoms with Gasteiger partial charge in [0, 0.05) is 26.0 Å². The van der Waals surface area contributed by atoms with Crippen molar-refractivity contribution in [2.75, 3.05) is 25.6 Å². The molecule has 0 saturated carbocycles. The van der Waals surface area contributed by atoms with Crippen molar-refractivity contribution in [1.82, 2.24) is 9.55 Å². The van der Waals surface area contributed by atoms with Gasteiger partial charge in [0.25, 0.3) is 0 Å². The van der Waals surface area contributed by atoms with Crippen LogP contribution in [0.3, 0.4) is 0 Å². The summed E-state index contributed by atoms with van der Waals surface area (Å²) in [6.45, 7) is 2.32. The number of rotatable bonds is 6. The van der Waals surface area contributed by atoms with Crippen LogP contribution >= 0.6 is 11.3 Å². The van der Waals surface area contributed by atoms with Gasteiger partial charge in [-0.05, 0) is 22.4 Å². The molecular formula is C11H15N3OS. The van der Waals surface area contributed by atoms with Gasteiger partial charge in [0.2, 0.25) is 5.95 Å². The highest BCUT2D eigenvalue weighted by molar-refractivity contribution is 7.07. The van der Waals surface area contributed by atoms with Crippen LogP contribution in [0, 0.1) is 0 Å². The molecule has 16 heavy (non-hydrogen) atoms. The molecule has 0 unspecified atom stereocenters. The molecule has 0 saturated heterocycles. The molecule has 0 fully saturated rings. The minimum absolute atomic E-state index is 0.686. The second-order valence-electron chi connectivity index (χ2n) is 3.43. The number of nitrogens with zero attached hydrogens (tertiary/aromatic N) is 2. The molecule has 0 aliphatic heterocycles. The summed E-state index contributed by atoms with van der Waals surface area (Å²) in [7, 11) is 1.69. The van der Waals surface area contributed by atoms with Crippen molar-refractivity contribution in [1.29, 1.82) is 0 Å². The van der Waals surface area contributed by atoms with Gasteiger partial charge in [0.15, 0.2) is 0 Å². The summed E-state index contributed by atoms with van der Waals surface area (Å²) in [5.74, 6) is 0.892. The third-order valence-corrected chi connectivity index (χ3v) is 2.97. The molecular weight excluding hydrogens is 222 g/mol. The topological polar surface area (TPSA) is 39.1 Å². The first kappa shape index (κ1) is 11.2. The van der Waals surface area contributed by atoms with Gasteiger partial charge in [-0.15, -0.1) is 0 Å². The van der Waals surface area contributed by atoms with Crippen molar-refractivity contribution in [3.63, 3.8) is 0 Å². The highest BCUT2D eigenvalue weighted by Gasteiger charge is 2.02. The quantitative estimate of drug-likeness (QED) is 0.782. The Bertz CT molecular complexity index is 411. The van der Waals surface area contributed by atoms with Gasteiger partial charge in [-0.1, -0.05) is 0 Å². The number of ether oxygens (including phenoxy) is 1. The van der Waals surface area contributed by atoms with Crippen molar-refractivity contribution >= 4 is 17.3 Å². The van der Waals surface area contributed by atoms with Crippen LogP contribution in [0.4, 0.5) is 5.95 Å². The van der Waals surface area contributed by atoms with Crippen LogP contribution in [0.2, 0.25) is 0 Å². The summed E-state index contributed by atoms with van der Waals surface area (Å²) in [5, 5.41) is 7.48. The first-order valence-corrected chi connectivity index (χ1v) is 6.09. The molecule has 0 bridgehead atoms. The molecule has 0 radical (unpaired) electrons. The van der Waals surface area contributed by atoms with Gasteiger partial charge in [0.1, 0.15) is 0 Å². The number of methoxy groups -OCH3 is 1. The van der Waals surface area contributed by atoms with E-state index < -0.39 is 0 Å². The molecule has 2 heterocycles. The number of nitrogens with one attached hydrogen (secondary N) is 1. The Labute approximate surface area is 98.9 Å². The van der Waals surface area contributed by atoms with Crippen molar-refractivity contribution in [3.8, 4) is 0 Å². The third kappa shape index (κ3) is 2.84. The predicted molar refractivity (Wildman–Crippen MR) is 66.0 cm³/mol. The van der Waals surface area contributed by atoms with E-state index >= 15 is 0 Å². The normalized spacial score (nSPS) is 10.6. The number of hydrogen-bond donors (Lipinski definition) is 1. The summed E-state index contributed by atoms with van der Waals surface area (Å²) in [4.78, 5) is 4.27.